The van der Waals surface area contributed by atoms with Crippen LogP contribution in [0.1, 0.15) is 23.9 Å². The van der Waals surface area contributed by atoms with Gasteiger partial charge in [0.05, 0.1) is 17.3 Å². The van der Waals surface area contributed by atoms with E-state index >= 15 is 0 Å². The number of aromatic nitrogens is 1. The van der Waals surface area contributed by atoms with E-state index in [4.69, 9.17) is 9.47 Å². The molecule has 0 spiro atoms. The number of nitrogens with one attached hydrogen (secondary N) is 1. The van der Waals surface area contributed by atoms with Crippen LogP contribution in [-0.4, -0.2) is 24.3 Å². The highest BCUT2D eigenvalue weighted by Crippen LogP contribution is 2.34. The number of amides is 1. The predicted molar refractivity (Wildman–Crippen MR) is 109 cm³/mol. The van der Waals surface area contributed by atoms with Crippen LogP contribution in [0.15, 0.2) is 29.8 Å². The minimum atomic E-state index is -0.474. The molecule has 136 valence electrons. The van der Waals surface area contributed by atoms with E-state index in [1.165, 1.54) is 6.08 Å². The van der Waals surface area contributed by atoms with Crippen LogP contribution in [-0.2, 0) is 4.79 Å². The molecule has 7 heteroatoms. The van der Waals surface area contributed by atoms with Gasteiger partial charge in [-0.05, 0) is 79.3 Å². The number of hydrogen-bond donors (Lipinski definition) is 1. The molecule has 1 aromatic carbocycles. The van der Waals surface area contributed by atoms with E-state index in [-0.39, 0.29) is 5.57 Å². The lowest BCUT2D eigenvalue weighted by Gasteiger charge is -2.13. The molecule has 0 aliphatic heterocycles. The molecular formula is C19H20IN3O3. The number of halogens is 1. The fourth-order valence-electron chi connectivity index (χ4n) is 2.43. The van der Waals surface area contributed by atoms with Gasteiger partial charge in [-0.3, -0.25) is 14.9 Å². The Hall–Kier alpha value is -2.47. The van der Waals surface area contributed by atoms with Gasteiger partial charge in [-0.25, -0.2) is 0 Å². The molecule has 2 rings (SSSR count). The summed E-state index contributed by atoms with van der Waals surface area (Å²) in [5.41, 5.74) is 5.18. The molecule has 1 N–H and O–H groups in total. The Kier molecular flexibility index (Phi) is 6.69. The van der Waals surface area contributed by atoms with Gasteiger partial charge < -0.3 is 9.47 Å². The summed E-state index contributed by atoms with van der Waals surface area (Å²) in [6.07, 6.45) is 1.53. The maximum Gasteiger partial charge on any atom is 0.280 e. The number of carbonyl (C=O) groups excluding carboxylic acids is 1. The molecule has 0 atom stereocenters. The van der Waals surface area contributed by atoms with Crippen LogP contribution in [0.5, 0.6) is 11.5 Å². The van der Waals surface area contributed by atoms with E-state index in [1.54, 1.807) is 17.9 Å². The summed E-state index contributed by atoms with van der Waals surface area (Å²) >= 11 is 2.14. The van der Waals surface area contributed by atoms with Crippen LogP contribution >= 0.6 is 22.6 Å². The fourth-order valence-corrected chi connectivity index (χ4v) is 3.21. The van der Waals surface area contributed by atoms with Crippen molar-refractivity contribution in [2.75, 3.05) is 19.1 Å². The quantitative estimate of drug-likeness (QED) is 0.400. The Morgan fingerprint density at radius 1 is 1.35 bits per heavy atom. The Morgan fingerprint density at radius 2 is 2.00 bits per heavy atom. The summed E-state index contributed by atoms with van der Waals surface area (Å²) in [6, 6.07) is 9.33. The van der Waals surface area contributed by atoms with Crippen LogP contribution in [0.25, 0.3) is 6.08 Å². The van der Waals surface area contributed by atoms with E-state index in [2.05, 4.69) is 28.0 Å². The number of methoxy groups -OCH3 is 1. The number of carbonyl (C=O) groups is 1. The minimum Gasteiger partial charge on any atom is -0.493 e. The zero-order chi connectivity index (χ0) is 19.3. The normalized spacial score (nSPS) is 11.0. The van der Waals surface area contributed by atoms with Crippen molar-refractivity contribution >= 4 is 34.6 Å². The van der Waals surface area contributed by atoms with Gasteiger partial charge in [-0.2, -0.15) is 5.26 Å². The SMILES string of the molecule is CCOc1c(I)cc(/C=C(/C#N)C(=O)Nn2c(C)ccc2C)cc1OC. The molecule has 0 aliphatic carbocycles. The summed E-state index contributed by atoms with van der Waals surface area (Å²) in [7, 11) is 1.55. The summed E-state index contributed by atoms with van der Waals surface area (Å²) in [5.74, 6) is 0.729. The first-order valence-electron chi connectivity index (χ1n) is 7.99. The lowest BCUT2D eigenvalue weighted by atomic mass is 10.1. The van der Waals surface area contributed by atoms with E-state index in [9.17, 15) is 10.1 Å². The molecule has 0 radical (unpaired) electrons. The standard InChI is InChI=1S/C19H20IN3O3/c1-5-26-18-16(20)9-14(10-17(18)25-4)8-15(11-21)19(24)22-23-12(2)6-7-13(23)3/h6-10H,5H2,1-4H3,(H,22,24)/b15-8-. The second kappa shape index (κ2) is 8.76. The van der Waals surface area contributed by atoms with Gasteiger partial charge in [0.1, 0.15) is 11.6 Å². The number of nitrogens with zero attached hydrogens (tertiary/aromatic N) is 2. The van der Waals surface area contributed by atoms with Crippen LogP contribution in [0.2, 0.25) is 0 Å². The van der Waals surface area contributed by atoms with Crippen LogP contribution < -0.4 is 14.9 Å². The number of benzene rings is 1. The summed E-state index contributed by atoms with van der Waals surface area (Å²) < 4.78 is 13.4. The van der Waals surface area contributed by atoms with E-state index in [1.807, 2.05) is 45.0 Å². The first-order valence-corrected chi connectivity index (χ1v) is 9.07. The van der Waals surface area contributed by atoms with Crippen LogP contribution in [0.3, 0.4) is 0 Å². The van der Waals surface area contributed by atoms with Crippen molar-refractivity contribution in [3.05, 3.63) is 50.4 Å². The van der Waals surface area contributed by atoms with Crippen molar-refractivity contribution in [3.63, 3.8) is 0 Å². The molecule has 2 aromatic rings. The number of ether oxygens (including phenoxy) is 2. The highest BCUT2D eigenvalue weighted by molar-refractivity contribution is 14.1. The van der Waals surface area contributed by atoms with E-state index < -0.39 is 5.91 Å². The Morgan fingerprint density at radius 3 is 2.54 bits per heavy atom. The predicted octanol–water partition coefficient (Wildman–Crippen LogP) is 3.79. The average Bonchev–Trinajstić information content (AvgIpc) is 2.93. The molecule has 0 saturated heterocycles. The first kappa shape index (κ1) is 19.8. The molecule has 1 aromatic heterocycles. The molecular weight excluding hydrogens is 445 g/mol. The third-order valence-electron chi connectivity index (χ3n) is 3.70. The van der Waals surface area contributed by atoms with Crippen molar-refractivity contribution < 1.29 is 14.3 Å². The first-order chi connectivity index (χ1) is 12.4. The number of rotatable bonds is 6. The monoisotopic (exact) mass is 465 g/mol. The number of aryl methyl sites for hydroxylation is 2. The van der Waals surface area contributed by atoms with E-state index in [0.29, 0.717) is 23.7 Å². The second-order valence-corrected chi connectivity index (χ2v) is 6.69. The third-order valence-corrected chi connectivity index (χ3v) is 4.50. The molecule has 26 heavy (non-hydrogen) atoms. The molecule has 0 bridgehead atoms. The largest absolute Gasteiger partial charge is 0.493 e. The topological polar surface area (TPSA) is 76.3 Å². The molecule has 1 amide bonds. The molecule has 0 fully saturated rings. The molecule has 0 saturated carbocycles. The van der Waals surface area contributed by atoms with Crippen LogP contribution in [0.4, 0.5) is 0 Å². The van der Waals surface area contributed by atoms with Gasteiger partial charge in [0, 0.05) is 11.4 Å². The number of nitriles is 1. The summed E-state index contributed by atoms with van der Waals surface area (Å²) in [5, 5.41) is 9.41. The van der Waals surface area contributed by atoms with Gasteiger partial charge in [0.2, 0.25) is 0 Å². The van der Waals surface area contributed by atoms with Crippen molar-refractivity contribution in [2.45, 2.75) is 20.8 Å². The maximum atomic E-state index is 12.5. The molecule has 1 heterocycles. The second-order valence-electron chi connectivity index (χ2n) is 5.53. The van der Waals surface area contributed by atoms with Gasteiger partial charge in [0.25, 0.3) is 5.91 Å². The highest BCUT2D eigenvalue weighted by Gasteiger charge is 2.14. The van der Waals surface area contributed by atoms with Gasteiger partial charge in [-0.1, -0.05) is 0 Å². The van der Waals surface area contributed by atoms with Gasteiger partial charge >= 0.3 is 0 Å². The average molecular weight is 465 g/mol. The van der Waals surface area contributed by atoms with Crippen molar-refractivity contribution in [1.29, 1.82) is 5.26 Å². The van der Waals surface area contributed by atoms with Crippen molar-refractivity contribution in [1.82, 2.24) is 4.68 Å². The van der Waals surface area contributed by atoms with Gasteiger partial charge in [-0.15, -0.1) is 0 Å². The van der Waals surface area contributed by atoms with Crippen molar-refractivity contribution in [2.24, 2.45) is 0 Å². The Bertz CT molecular complexity index is 875. The minimum absolute atomic E-state index is 0.000451. The Labute approximate surface area is 166 Å². The third kappa shape index (κ3) is 4.38. The smallest absolute Gasteiger partial charge is 0.280 e. The summed E-state index contributed by atoms with van der Waals surface area (Å²) in [6.45, 7) is 6.17. The fraction of sp³-hybridized carbons (Fsp3) is 0.263. The zero-order valence-corrected chi connectivity index (χ0v) is 17.2. The summed E-state index contributed by atoms with van der Waals surface area (Å²) in [4.78, 5) is 12.5. The maximum absolute atomic E-state index is 12.5. The Balaban J connectivity index is 2.35. The van der Waals surface area contributed by atoms with Gasteiger partial charge in [0.15, 0.2) is 11.5 Å². The lowest BCUT2D eigenvalue weighted by Crippen LogP contribution is -2.25. The lowest BCUT2D eigenvalue weighted by molar-refractivity contribution is -0.113. The van der Waals surface area contributed by atoms with Crippen LogP contribution in [0, 0.1) is 28.7 Å². The van der Waals surface area contributed by atoms with Crippen molar-refractivity contribution in [3.8, 4) is 17.6 Å². The highest BCUT2D eigenvalue weighted by atomic mass is 127. The molecule has 0 unspecified atom stereocenters. The zero-order valence-electron chi connectivity index (χ0n) is 15.1. The number of hydrogen-bond acceptors (Lipinski definition) is 4. The van der Waals surface area contributed by atoms with E-state index in [0.717, 1.165) is 15.0 Å². The molecule has 0 aliphatic rings. The molecule has 6 nitrogen and oxygen atoms in total.